The maximum atomic E-state index is 12.8. The number of nitrogens with zero attached hydrogens (tertiary/aromatic N) is 1. The normalized spacial score (nSPS) is 14.5. The molecule has 134 valence electrons. The smallest absolute Gasteiger partial charge is 0.350 e. The minimum absolute atomic E-state index is 0.0433. The second kappa shape index (κ2) is 7.16. The molecule has 2 aromatic rings. The fourth-order valence-corrected chi connectivity index (χ4v) is 3.71. The minimum atomic E-state index is -4.47. The zero-order chi connectivity index (χ0) is 18.9. The van der Waals surface area contributed by atoms with E-state index in [-0.39, 0.29) is 44.2 Å². The molecule has 9 heteroatoms. The van der Waals surface area contributed by atoms with Gasteiger partial charge in [-0.15, -0.1) is 11.8 Å². The Morgan fingerprint density at radius 2 is 1.77 bits per heavy atom. The average Bonchev–Trinajstić information content (AvgIpc) is 2.60. The van der Waals surface area contributed by atoms with Gasteiger partial charge in [0, 0.05) is 11.1 Å². The molecule has 3 rings (SSSR count). The molecule has 1 aromatic carbocycles. The van der Waals surface area contributed by atoms with E-state index < -0.39 is 17.1 Å². The van der Waals surface area contributed by atoms with Crippen LogP contribution in [0.15, 0.2) is 58.1 Å². The summed E-state index contributed by atoms with van der Waals surface area (Å²) >= 11 is 0.757. The molecular weight excluding hydrogens is 385 g/mol. The maximum absolute atomic E-state index is 12.8. The van der Waals surface area contributed by atoms with Gasteiger partial charge >= 0.3 is 5.51 Å². The SMILES string of the molecule is CSC1=C(Nc2ccccc2SC(F)(F)F)C(=O)c2cccnc2C1=O. The van der Waals surface area contributed by atoms with Crippen molar-refractivity contribution in [2.24, 2.45) is 0 Å². The number of halogens is 3. The highest BCUT2D eigenvalue weighted by atomic mass is 32.2. The van der Waals surface area contributed by atoms with Gasteiger partial charge in [-0.05, 0) is 42.3 Å². The van der Waals surface area contributed by atoms with Crippen LogP contribution in [-0.4, -0.2) is 28.3 Å². The van der Waals surface area contributed by atoms with Gasteiger partial charge in [-0.25, -0.2) is 0 Å². The van der Waals surface area contributed by atoms with Gasteiger partial charge in [0.25, 0.3) is 0 Å². The quantitative estimate of drug-likeness (QED) is 0.752. The number of carbonyl (C=O) groups excluding carboxylic acids is 2. The number of aromatic nitrogens is 1. The van der Waals surface area contributed by atoms with Crippen molar-refractivity contribution in [2.45, 2.75) is 10.4 Å². The van der Waals surface area contributed by atoms with Crippen LogP contribution in [0.5, 0.6) is 0 Å². The van der Waals surface area contributed by atoms with Crippen molar-refractivity contribution in [1.29, 1.82) is 0 Å². The van der Waals surface area contributed by atoms with Crippen LogP contribution in [0.25, 0.3) is 0 Å². The summed E-state index contributed by atoms with van der Waals surface area (Å²) < 4.78 is 38.3. The highest BCUT2D eigenvalue weighted by Crippen LogP contribution is 2.41. The van der Waals surface area contributed by atoms with Crippen molar-refractivity contribution < 1.29 is 22.8 Å². The number of anilines is 1. The topological polar surface area (TPSA) is 59.1 Å². The van der Waals surface area contributed by atoms with Crippen LogP contribution in [0.2, 0.25) is 0 Å². The van der Waals surface area contributed by atoms with Crippen LogP contribution < -0.4 is 5.32 Å². The lowest BCUT2D eigenvalue weighted by Gasteiger charge is -2.21. The van der Waals surface area contributed by atoms with E-state index in [2.05, 4.69) is 10.3 Å². The molecule has 1 aromatic heterocycles. The lowest BCUT2D eigenvalue weighted by molar-refractivity contribution is -0.0328. The first-order valence-electron chi connectivity index (χ1n) is 7.26. The Bertz CT molecular complexity index is 926. The van der Waals surface area contributed by atoms with Crippen LogP contribution >= 0.6 is 23.5 Å². The number of hydrogen-bond acceptors (Lipinski definition) is 6. The predicted octanol–water partition coefficient (Wildman–Crippen LogP) is 4.76. The molecule has 4 nitrogen and oxygen atoms in total. The summed E-state index contributed by atoms with van der Waals surface area (Å²) in [4.78, 5) is 29.4. The molecule has 1 heterocycles. The van der Waals surface area contributed by atoms with Gasteiger partial charge < -0.3 is 5.32 Å². The van der Waals surface area contributed by atoms with E-state index in [1.165, 1.54) is 36.5 Å². The van der Waals surface area contributed by atoms with Gasteiger partial charge in [0.15, 0.2) is 0 Å². The van der Waals surface area contributed by atoms with E-state index in [0.717, 1.165) is 11.8 Å². The number of thioether (sulfide) groups is 2. The fourth-order valence-electron chi connectivity index (χ4n) is 2.45. The minimum Gasteiger partial charge on any atom is -0.350 e. The molecule has 1 N–H and O–H groups in total. The summed E-state index contributed by atoms with van der Waals surface area (Å²) in [6.07, 6.45) is 3.03. The zero-order valence-electron chi connectivity index (χ0n) is 13.3. The molecule has 0 radical (unpaired) electrons. The number of hydrogen-bond donors (Lipinski definition) is 1. The first-order valence-corrected chi connectivity index (χ1v) is 9.30. The number of alkyl halides is 3. The number of Topliss-reactive ketones (excluding diaryl/α,β-unsaturated/α-hetero) is 2. The summed E-state index contributed by atoms with van der Waals surface area (Å²) in [5.74, 6) is -0.917. The van der Waals surface area contributed by atoms with Crippen LogP contribution in [0.3, 0.4) is 0 Å². The van der Waals surface area contributed by atoms with Crippen LogP contribution in [0.4, 0.5) is 18.9 Å². The number of carbonyl (C=O) groups is 2. The molecule has 0 unspecified atom stereocenters. The molecule has 0 amide bonds. The lowest BCUT2D eigenvalue weighted by atomic mass is 9.96. The Labute approximate surface area is 155 Å². The molecule has 0 aliphatic heterocycles. The number of para-hydroxylation sites is 1. The number of allylic oxidation sites excluding steroid dienone is 2. The molecule has 0 saturated carbocycles. The van der Waals surface area contributed by atoms with E-state index in [1.54, 1.807) is 12.3 Å². The van der Waals surface area contributed by atoms with E-state index in [9.17, 15) is 22.8 Å². The van der Waals surface area contributed by atoms with Crippen molar-refractivity contribution in [2.75, 3.05) is 11.6 Å². The molecule has 26 heavy (non-hydrogen) atoms. The summed E-state index contributed by atoms with van der Waals surface area (Å²) in [6, 6.07) is 8.74. The number of nitrogens with one attached hydrogen (secondary N) is 1. The second-order valence-corrected chi connectivity index (χ2v) is 7.06. The Hall–Kier alpha value is -2.26. The van der Waals surface area contributed by atoms with Crippen molar-refractivity contribution in [3.05, 3.63) is 64.5 Å². The van der Waals surface area contributed by atoms with E-state index in [0.29, 0.717) is 0 Å². The fraction of sp³-hybridized carbons (Fsp3) is 0.118. The maximum Gasteiger partial charge on any atom is 0.446 e. The highest BCUT2D eigenvalue weighted by Gasteiger charge is 2.34. The van der Waals surface area contributed by atoms with Crippen LogP contribution in [0, 0.1) is 0 Å². The summed E-state index contributed by atoms with van der Waals surface area (Å²) in [5.41, 5.74) is -4.25. The number of rotatable bonds is 4. The van der Waals surface area contributed by atoms with Crippen molar-refractivity contribution in [3.8, 4) is 0 Å². The first-order chi connectivity index (χ1) is 12.3. The average molecular weight is 396 g/mol. The number of fused-ring (bicyclic) bond motifs is 1. The van der Waals surface area contributed by atoms with Gasteiger partial charge in [-0.2, -0.15) is 13.2 Å². The van der Waals surface area contributed by atoms with Crippen molar-refractivity contribution in [3.63, 3.8) is 0 Å². The van der Waals surface area contributed by atoms with Gasteiger partial charge in [-0.1, -0.05) is 12.1 Å². The largest absolute Gasteiger partial charge is 0.446 e. The van der Waals surface area contributed by atoms with Crippen LogP contribution in [-0.2, 0) is 0 Å². The molecule has 0 spiro atoms. The third-order valence-electron chi connectivity index (χ3n) is 3.50. The number of ketones is 2. The third kappa shape index (κ3) is 3.63. The zero-order valence-corrected chi connectivity index (χ0v) is 14.9. The Balaban J connectivity index is 2.05. The molecule has 0 fully saturated rings. The third-order valence-corrected chi connectivity index (χ3v) is 5.11. The summed E-state index contributed by atoms with van der Waals surface area (Å²) in [5, 5.41) is 2.73. The van der Waals surface area contributed by atoms with Gasteiger partial charge in [0.1, 0.15) is 11.4 Å². The van der Waals surface area contributed by atoms with Gasteiger partial charge in [0.05, 0.1) is 16.2 Å². The van der Waals surface area contributed by atoms with Gasteiger partial charge in [-0.3, -0.25) is 14.6 Å². The van der Waals surface area contributed by atoms with Crippen LogP contribution in [0.1, 0.15) is 20.8 Å². The lowest BCUT2D eigenvalue weighted by Crippen LogP contribution is -2.26. The summed E-state index contributed by atoms with van der Waals surface area (Å²) in [7, 11) is 0. The first kappa shape index (κ1) is 18.5. The monoisotopic (exact) mass is 396 g/mol. The Morgan fingerprint density at radius 3 is 2.46 bits per heavy atom. The molecule has 1 aliphatic carbocycles. The Morgan fingerprint density at radius 1 is 1.04 bits per heavy atom. The molecule has 0 atom stereocenters. The molecule has 0 saturated heterocycles. The predicted molar refractivity (Wildman–Crippen MR) is 95.4 cm³/mol. The molecular formula is C17H11F3N2O2S2. The molecule has 0 bridgehead atoms. The van der Waals surface area contributed by atoms with Crippen molar-refractivity contribution >= 4 is 40.8 Å². The number of benzene rings is 1. The van der Waals surface area contributed by atoms with Gasteiger partial charge in [0.2, 0.25) is 11.6 Å². The number of pyridine rings is 1. The standard InChI is InChI=1S/C17H11F3N2O2S2/c1-25-16-13(14(23)9-5-4-8-21-12(9)15(16)24)22-10-6-2-3-7-11(10)26-17(18,19)20/h2-8,22H,1H3. The van der Waals surface area contributed by atoms with E-state index in [4.69, 9.17) is 0 Å². The van der Waals surface area contributed by atoms with E-state index in [1.807, 2.05) is 0 Å². The van der Waals surface area contributed by atoms with E-state index >= 15 is 0 Å². The molecule has 1 aliphatic rings. The second-order valence-electron chi connectivity index (χ2n) is 5.14. The summed E-state index contributed by atoms with van der Waals surface area (Å²) in [6.45, 7) is 0. The highest BCUT2D eigenvalue weighted by molar-refractivity contribution is 8.03. The Kier molecular flexibility index (Phi) is 5.10. The van der Waals surface area contributed by atoms with Crippen molar-refractivity contribution in [1.82, 2.24) is 4.98 Å².